The Morgan fingerprint density at radius 3 is 2.83 bits per heavy atom. The Balaban J connectivity index is 1.82. The van der Waals surface area contributed by atoms with E-state index in [1.165, 1.54) is 0 Å². The van der Waals surface area contributed by atoms with E-state index in [0.29, 0.717) is 0 Å². The second-order valence-electron chi connectivity index (χ2n) is 5.23. The van der Waals surface area contributed by atoms with Gasteiger partial charge in [-0.05, 0) is 53.1 Å². The Kier molecular flexibility index (Phi) is 4.61. The van der Waals surface area contributed by atoms with Crippen LogP contribution in [0.4, 0.5) is 0 Å². The molecule has 2 aromatic heterocycles. The van der Waals surface area contributed by atoms with Crippen molar-refractivity contribution in [1.82, 2.24) is 14.5 Å². The Labute approximate surface area is 139 Å². The molecule has 0 aliphatic rings. The van der Waals surface area contributed by atoms with Crippen molar-refractivity contribution in [3.63, 3.8) is 0 Å². The number of rotatable bonds is 6. The number of thiophene rings is 1. The lowest BCUT2D eigenvalue weighted by molar-refractivity contribution is 0.506. The lowest BCUT2D eigenvalue weighted by Gasteiger charge is -2.17. The van der Waals surface area contributed by atoms with Gasteiger partial charge >= 0.3 is 0 Å². The smallest absolute Gasteiger partial charge is 0.240 e. The molecule has 0 saturated carbocycles. The summed E-state index contributed by atoms with van der Waals surface area (Å²) in [5.41, 5.74) is 1.94. The number of aryl methyl sites for hydroxylation is 1. The van der Waals surface area contributed by atoms with Gasteiger partial charge in [0, 0.05) is 18.9 Å². The number of benzene rings is 1. The first-order chi connectivity index (χ1) is 11.1. The van der Waals surface area contributed by atoms with Gasteiger partial charge in [0.15, 0.2) is 0 Å². The molecule has 0 radical (unpaired) electrons. The molecule has 5 nitrogen and oxygen atoms in total. The minimum atomic E-state index is -3.55. The lowest BCUT2D eigenvalue weighted by Crippen LogP contribution is -2.31. The fraction of sp³-hybridized carbons (Fsp3) is 0.188. The van der Waals surface area contributed by atoms with Crippen LogP contribution in [-0.4, -0.2) is 24.7 Å². The summed E-state index contributed by atoms with van der Waals surface area (Å²) < 4.78 is 29.4. The molecule has 0 saturated heterocycles. The highest BCUT2D eigenvalue weighted by atomic mass is 32.2. The molecule has 1 atom stereocenters. The van der Waals surface area contributed by atoms with Crippen molar-refractivity contribution in [2.45, 2.75) is 17.9 Å². The molecule has 0 aliphatic heterocycles. The van der Waals surface area contributed by atoms with Crippen LogP contribution >= 0.6 is 11.3 Å². The highest BCUT2D eigenvalue weighted by molar-refractivity contribution is 7.89. The summed E-state index contributed by atoms with van der Waals surface area (Å²) >= 11 is 1.58. The average Bonchev–Trinajstić information content (AvgIpc) is 3.21. The maximum Gasteiger partial charge on any atom is 0.240 e. The van der Waals surface area contributed by atoms with Crippen LogP contribution in [0.1, 0.15) is 17.2 Å². The van der Waals surface area contributed by atoms with Crippen molar-refractivity contribution in [2.75, 3.05) is 6.54 Å². The lowest BCUT2D eigenvalue weighted by atomic mass is 10.1. The Hall–Kier alpha value is -1.96. The zero-order valence-corrected chi connectivity index (χ0v) is 14.2. The van der Waals surface area contributed by atoms with E-state index in [1.807, 2.05) is 42.1 Å². The van der Waals surface area contributed by atoms with Gasteiger partial charge in [0.05, 0.1) is 10.9 Å². The summed E-state index contributed by atoms with van der Waals surface area (Å²) in [6.07, 6.45) is 3.53. The first kappa shape index (κ1) is 15.9. The van der Waals surface area contributed by atoms with E-state index in [1.54, 1.807) is 40.4 Å². The fourth-order valence-corrected chi connectivity index (χ4v) is 4.20. The van der Waals surface area contributed by atoms with Gasteiger partial charge < -0.3 is 0 Å². The van der Waals surface area contributed by atoms with E-state index in [-0.39, 0.29) is 17.5 Å². The predicted molar refractivity (Wildman–Crippen MR) is 91.1 cm³/mol. The third kappa shape index (κ3) is 3.69. The number of hydrogen-bond acceptors (Lipinski definition) is 4. The van der Waals surface area contributed by atoms with Crippen LogP contribution in [0, 0.1) is 6.92 Å². The summed E-state index contributed by atoms with van der Waals surface area (Å²) in [7, 11) is -3.55. The first-order valence-electron chi connectivity index (χ1n) is 7.14. The number of nitrogens with one attached hydrogen (secondary N) is 1. The topological polar surface area (TPSA) is 64.0 Å². The average molecular weight is 347 g/mol. The predicted octanol–water partition coefficient (Wildman–Crippen LogP) is 2.82. The maximum atomic E-state index is 12.5. The van der Waals surface area contributed by atoms with Gasteiger partial charge in [0.25, 0.3) is 0 Å². The molecular weight excluding hydrogens is 330 g/mol. The van der Waals surface area contributed by atoms with E-state index >= 15 is 0 Å². The summed E-state index contributed by atoms with van der Waals surface area (Å²) in [4.78, 5) is 0.280. The quantitative estimate of drug-likeness (QED) is 0.746. The largest absolute Gasteiger partial charge is 0.264 e. The first-order valence-corrected chi connectivity index (χ1v) is 9.56. The molecule has 0 bridgehead atoms. The van der Waals surface area contributed by atoms with Crippen LogP contribution in [-0.2, 0) is 10.0 Å². The Bertz CT molecular complexity index is 822. The number of hydrogen-bond donors (Lipinski definition) is 1. The minimum absolute atomic E-state index is 0.171. The fourth-order valence-electron chi connectivity index (χ4n) is 2.35. The Morgan fingerprint density at radius 2 is 2.17 bits per heavy atom. The molecule has 3 aromatic rings. The van der Waals surface area contributed by atoms with E-state index in [9.17, 15) is 8.42 Å². The molecule has 0 amide bonds. The van der Waals surface area contributed by atoms with Gasteiger partial charge in [-0.15, -0.1) is 0 Å². The summed E-state index contributed by atoms with van der Waals surface area (Å²) in [5, 5.41) is 8.23. The molecule has 120 valence electrons. The van der Waals surface area contributed by atoms with Crippen molar-refractivity contribution < 1.29 is 8.42 Å². The highest BCUT2D eigenvalue weighted by Gasteiger charge is 2.20. The summed E-state index contributed by atoms with van der Waals surface area (Å²) in [6.45, 7) is 2.12. The van der Waals surface area contributed by atoms with Crippen LogP contribution in [0.5, 0.6) is 0 Å². The van der Waals surface area contributed by atoms with Crippen LogP contribution in [0.15, 0.2) is 64.4 Å². The van der Waals surface area contributed by atoms with Gasteiger partial charge in [0.1, 0.15) is 0 Å². The second kappa shape index (κ2) is 6.66. The van der Waals surface area contributed by atoms with E-state index in [4.69, 9.17) is 0 Å². The monoisotopic (exact) mass is 347 g/mol. The molecule has 0 fully saturated rings. The summed E-state index contributed by atoms with van der Waals surface area (Å²) in [5.74, 6) is 0. The van der Waals surface area contributed by atoms with Crippen molar-refractivity contribution in [3.05, 3.63) is 70.7 Å². The summed E-state index contributed by atoms with van der Waals surface area (Å²) in [6, 6.07) is 10.5. The molecule has 1 aromatic carbocycles. The zero-order chi connectivity index (χ0) is 16.3. The van der Waals surface area contributed by atoms with Crippen LogP contribution in [0.2, 0.25) is 0 Å². The van der Waals surface area contributed by atoms with Crippen molar-refractivity contribution >= 4 is 21.4 Å². The Morgan fingerprint density at radius 1 is 1.30 bits per heavy atom. The number of aromatic nitrogens is 2. The van der Waals surface area contributed by atoms with Gasteiger partial charge in [-0.25, -0.2) is 13.1 Å². The molecule has 7 heteroatoms. The van der Waals surface area contributed by atoms with E-state index in [2.05, 4.69) is 9.82 Å². The molecule has 23 heavy (non-hydrogen) atoms. The van der Waals surface area contributed by atoms with E-state index in [0.717, 1.165) is 11.1 Å². The maximum absolute atomic E-state index is 12.5. The van der Waals surface area contributed by atoms with Crippen molar-refractivity contribution in [1.29, 1.82) is 0 Å². The molecule has 2 heterocycles. The minimum Gasteiger partial charge on any atom is -0.264 e. The van der Waals surface area contributed by atoms with Crippen molar-refractivity contribution in [2.24, 2.45) is 0 Å². The standard InChI is InChI=1S/C16H17N3O2S2/c1-13-4-2-5-15(10-13)23(20,21)18-11-16(14-6-9-22-12-14)19-8-3-7-17-19/h2-10,12,16,18H,11H2,1H3/t16-/m0/s1. The van der Waals surface area contributed by atoms with Gasteiger partial charge in [-0.2, -0.15) is 16.4 Å². The van der Waals surface area contributed by atoms with Crippen LogP contribution < -0.4 is 4.72 Å². The zero-order valence-electron chi connectivity index (χ0n) is 12.6. The number of nitrogens with zero attached hydrogens (tertiary/aromatic N) is 2. The molecule has 0 unspecified atom stereocenters. The second-order valence-corrected chi connectivity index (χ2v) is 7.77. The van der Waals surface area contributed by atoms with Gasteiger partial charge in [-0.3, -0.25) is 4.68 Å². The molecular formula is C16H17N3O2S2. The van der Waals surface area contributed by atoms with Crippen molar-refractivity contribution in [3.8, 4) is 0 Å². The molecule has 3 rings (SSSR count). The SMILES string of the molecule is Cc1cccc(S(=O)(=O)NC[C@@H](c2ccsc2)n2cccn2)c1. The molecule has 0 aliphatic carbocycles. The van der Waals surface area contributed by atoms with Crippen LogP contribution in [0.25, 0.3) is 0 Å². The molecule has 1 N–H and O–H groups in total. The van der Waals surface area contributed by atoms with Crippen LogP contribution in [0.3, 0.4) is 0 Å². The third-order valence-corrected chi connectivity index (χ3v) is 5.66. The number of sulfonamides is 1. The molecule has 0 spiro atoms. The third-order valence-electron chi connectivity index (χ3n) is 3.54. The van der Waals surface area contributed by atoms with E-state index < -0.39 is 10.0 Å². The van der Waals surface area contributed by atoms with Gasteiger partial charge in [-0.1, -0.05) is 12.1 Å². The van der Waals surface area contributed by atoms with Gasteiger partial charge in [0.2, 0.25) is 10.0 Å². The highest BCUT2D eigenvalue weighted by Crippen LogP contribution is 2.20. The normalized spacial score (nSPS) is 13.1.